The van der Waals surface area contributed by atoms with Gasteiger partial charge in [-0.05, 0) is 12.8 Å². The van der Waals surface area contributed by atoms with E-state index in [-0.39, 0.29) is 0 Å². The molecular formula is C9H19N2O+. The second-order valence-corrected chi connectivity index (χ2v) is 3.40. The van der Waals surface area contributed by atoms with E-state index in [1.165, 1.54) is 12.8 Å². The fourth-order valence-electron chi connectivity index (χ4n) is 1.58. The first kappa shape index (κ1) is 9.52. The lowest BCUT2D eigenvalue weighted by atomic mass is 10.2. The molecule has 0 aromatic heterocycles. The van der Waals surface area contributed by atoms with Crippen LogP contribution < -0.4 is 5.73 Å². The number of hydrogen-bond donors (Lipinski definition) is 1. The molecule has 1 saturated heterocycles. The monoisotopic (exact) mass is 171 g/mol. The molecule has 0 aromatic carbocycles. The van der Waals surface area contributed by atoms with Crippen molar-refractivity contribution in [2.75, 3.05) is 19.6 Å². The van der Waals surface area contributed by atoms with E-state index in [0.29, 0.717) is 5.91 Å². The Hall–Kier alpha value is -0.570. The number of hydrogen-bond acceptors (Lipinski definition) is 1. The van der Waals surface area contributed by atoms with Crippen LogP contribution in [-0.4, -0.2) is 30.4 Å². The average Bonchev–Trinajstić information content (AvgIpc) is 2.27. The lowest BCUT2D eigenvalue weighted by molar-refractivity contribution is -0.368. The van der Waals surface area contributed by atoms with Crippen molar-refractivity contribution in [1.82, 2.24) is 4.90 Å². The molecule has 0 aliphatic carbocycles. The molecule has 70 valence electrons. The molecule has 0 bridgehead atoms. The summed E-state index contributed by atoms with van der Waals surface area (Å²) in [4.78, 5) is 13.4. The van der Waals surface area contributed by atoms with E-state index in [2.05, 4.69) is 5.73 Å². The largest absolute Gasteiger partial charge is 0.358 e. The van der Waals surface area contributed by atoms with Gasteiger partial charge in [-0.3, -0.25) is 4.79 Å². The van der Waals surface area contributed by atoms with Crippen LogP contribution in [0.4, 0.5) is 0 Å². The van der Waals surface area contributed by atoms with Crippen LogP contribution in [0.1, 0.15) is 32.1 Å². The van der Waals surface area contributed by atoms with Crippen LogP contribution in [-0.2, 0) is 4.79 Å². The molecular weight excluding hydrogens is 152 g/mol. The van der Waals surface area contributed by atoms with Crippen molar-refractivity contribution in [1.29, 1.82) is 0 Å². The number of nitrogens with zero attached hydrogens (tertiary/aromatic N) is 1. The van der Waals surface area contributed by atoms with Gasteiger partial charge in [-0.1, -0.05) is 6.42 Å². The second-order valence-electron chi connectivity index (χ2n) is 3.40. The summed E-state index contributed by atoms with van der Waals surface area (Å²) in [5.41, 5.74) is 3.78. The van der Waals surface area contributed by atoms with E-state index < -0.39 is 0 Å². The van der Waals surface area contributed by atoms with E-state index in [0.717, 1.165) is 38.9 Å². The van der Waals surface area contributed by atoms with Gasteiger partial charge < -0.3 is 10.6 Å². The molecule has 0 unspecified atom stereocenters. The zero-order valence-corrected chi connectivity index (χ0v) is 7.72. The van der Waals surface area contributed by atoms with Crippen LogP contribution in [0.3, 0.4) is 0 Å². The Morgan fingerprint density at radius 1 is 1.33 bits per heavy atom. The second kappa shape index (κ2) is 5.14. The minimum Gasteiger partial charge on any atom is -0.358 e. The van der Waals surface area contributed by atoms with Gasteiger partial charge in [0.1, 0.15) is 0 Å². The van der Waals surface area contributed by atoms with Crippen LogP contribution >= 0.6 is 0 Å². The maximum atomic E-state index is 11.4. The Labute approximate surface area is 73.9 Å². The molecule has 0 radical (unpaired) electrons. The van der Waals surface area contributed by atoms with Crippen molar-refractivity contribution in [2.24, 2.45) is 0 Å². The summed E-state index contributed by atoms with van der Waals surface area (Å²) < 4.78 is 0. The molecule has 1 heterocycles. The van der Waals surface area contributed by atoms with Crippen molar-refractivity contribution in [3.8, 4) is 0 Å². The fraction of sp³-hybridized carbons (Fsp3) is 0.889. The third-order valence-corrected chi connectivity index (χ3v) is 2.35. The van der Waals surface area contributed by atoms with Crippen LogP contribution in [0, 0.1) is 0 Å². The van der Waals surface area contributed by atoms with E-state index >= 15 is 0 Å². The summed E-state index contributed by atoms with van der Waals surface area (Å²) in [6.45, 7) is 2.82. The Kier molecular flexibility index (Phi) is 4.08. The summed E-state index contributed by atoms with van der Waals surface area (Å²) in [5, 5.41) is 0. The molecule has 1 aliphatic rings. The van der Waals surface area contributed by atoms with Crippen molar-refractivity contribution in [2.45, 2.75) is 32.1 Å². The first-order valence-corrected chi connectivity index (χ1v) is 4.91. The summed E-state index contributed by atoms with van der Waals surface area (Å²) >= 11 is 0. The fourth-order valence-corrected chi connectivity index (χ4v) is 1.58. The molecule has 0 atom stereocenters. The standard InChI is InChI=1S/C9H18N2O/c10-6-4-8-11-7-3-1-2-5-9(11)12/h1-8,10H2/p+1. The number of quaternary nitrogens is 1. The number of rotatable bonds is 3. The van der Waals surface area contributed by atoms with Gasteiger partial charge in [0.15, 0.2) is 0 Å². The van der Waals surface area contributed by atoms with Crippen LogP contribution in [0.15, 0.2) is 0 Å². The Morgan fingerprint density at radius 2 is 2.17 bits per heavy atom. The van der Waals surface area contributed by atoms with E-state index in [1.807, 2.05) is 4.90 Å². The molecule has 12 heavy (non-hydrogen) atoms. The zero-order chi connectivity index (χ0) is 8.81. The molecule has 3 heteroatoms. The van der Waals surface area contributed by atoms with Crippen molar-refractivity contribution in [3.63, 3.8) is 0 Å². The van der Waals surface area contributed by atoms with Crippen LogP contribution in [0.25, 0.3) is 0 Å². The molecule has 0 saturated carbocycles. The molecule has 1 aliphatic heterocycles. The lowest BCUT2D eigenvalue weighted by Crippen LogP contribution is -2.51. The average molecular weight is 171 g/mol. The third kappa shape index (κ3) is 2.81. The molecule has 1 rings (SSSR count). The molecule has 1 amide bonds. The maximum absolute atomic E-state index is 11.4. The Bertz CT molecular complexity index is 147. The van der Waals surface area contributed by atoms with Gasteiger partial charge >= 0.3 is 0 Å². The van der Waals surface area contributed by atoms with Gasteiger partial charge in [0, 0.05) is 25.9 Å². The number of amides is 1. The van der Waals surface area contributed by atoms with Crippen molar-refractivity contribution in [3.05, 3.63) is 0 Å². The lowest BCUT2D eigenvalue weighted by Gasteiger charge is -2.19. The normalized spacial score (nSPS) is 19.4. The highest BCUT2D eigenvalue weighted by atomic mass is 16.2. The van der Waals surface area contributed by atoms with Crippen LogP contribution in [0.2, 0.25) is 0 Å². The number of carbonyl (C=O) groups excluding carboxylic acids is 1. The van der Waals surface area contributed by atoms with E-state index in [1.54, 1.807) is 0 Å². The summed E-state index contributed by atoms with van der Waals surface area (Å²) in [6, 6.07) is 0. The quantitative estimate of drug-likeness (QED) is 0.639. The highest BCUT2D eigenvalue weighted by Gasteiger charge is 2.15. The third-order valence-electron chi connectivity index (χ3n) is 2.35. The predicted molar refractivity (Wildman–Crippen MR) is 47.4 cm³/mol. The Morgan fingerprint density at radius 3 is 2.92 bits per heavy atom. The predicted octanol–water partition coefficient (Wildman–Crippen LogP) is 0.0210. The molecule has 1 fully saturated rings. The highest BCUT2D eigenvalue weighted by molar-refractivity contribution is 5.76. The SMILES string of the molecule is [NH3+]CCCN1CCCCCC1=O. The van der Waals surface area contributed by atoms with Crippen LogP contribution in [0.5, 0.6) is 0 Å². The Balaban J connectivity index is 2.31. The first-order chi connectivity index (χ1) is 5.84. The van der Waals surface area contributed by atoms with Gasteiger partial charge in [-0.15, -0.1) is 0 Å². The van der Waals surface area contributed by atoms with Crippen molar-refractivity contribution < 1.29 is 10.5 Å². The van der Waals surface area contributed by atoms with Gasteiger partial charge in [0.25, 0.3) is 0 Å². The topological polar surface area (TPSA) is 48.0 Å². The highest BCUT2D eigenvalue weighted by Crippen LogP contribution is 2.10. The summed E-state index contributed by atoms with van der Waals surface area (Å²) in [6.07, 6.45) is 5.29. The number of carbonyl (C=O) groups is 1. The zero-order valence-electron chi connectivity index (χ0n) is 7.72. The number of likely N-dealkylation sites (tertiary alicyclic amines) is 1. The van der Waals surface area contributed by atoms with Gasteiger partial charge in [0.05, 0.1) is 6.54 Å². The van der Waals surface area contributed by atoms with Gasteiger partial charge in [0.2, 0.25) is 5.91 Å². The molecule has 3 nitrogen and oxygen atoms in total. The van der Waals surface area contributed by atoms with Crippen molar-refractivity contribution >= 4 is 5.91 Å². The smallest absolute Gasteiger partial charge is 0.222 e. The first-order valence-electron chi connectivity index (χ1n) is 4.91. The minimum atomic E-state index is 0.348. The summed E-state index contributed by atoms with van der Waals surface area (Å²) in [5.74, 6) is 0.348. The van der Waals surface area contributed by atoms with E-state index in [4.69, 9.17) is 0 Å². The molecule has 0 aromatic rings. The van der Waals surface area contributed by atoms with Gasteiger partial charge in [-0.2, -0.15) is 0 Å². The van der Waals surface area contributed by atoms with Gasteiger partial charge in [-0.25, -0.2) is 0 Å². The molecule has 3 N–H and O–H groups in total. The minimum absolute atomic E-state index is 0.348. The van der Waals surface area contributed by atoms with E-state index in [9.17, 15) is 4.79 Å². The maximum Gasteiger partial charge on any atom is 0.222 e. The molecule has 0 spiro atoms. The summed E-state index contributed by atoms with van der Waals surface area (Å²) in [7, 11) is 0.